The highest BCUT2D eigenvalue weighted by molar-refractivity contribution is 5.46. The highest BCUT2D eigenvalue weighted by Gasteiger charge is 2.43. The third kappa shape index (κ3) is 1.79. The summed E-state index contributed by atoms with van der Waals surface area (Å²) in [6, 6.07) is 0. The predicted octanol–water partition coefficient (Wildman–Crippen LogP) is 2.42. The lowest BCUT2D eigenvalue weighted by molar-refractivity contribution is 0.0998. The van der Waals surface area contributed by atoms with Crippen LogP contribution in [-0.2, 0) is 11.2 Å². The Kier molecular flexibility index (Phi) is 2.98. The number of hydrogen-bond donors (Lipinski definition) is 1. The maximum absolute atomic E-state index is 5.91. The fraction of sp³-hybridized carbons (Fsp3) is 0.714. The summed E-state index contributed by atoms with van der Waals surface area (Å²) < 4.78 is 5.91. The fourth-order valence-corrected chi connectivity index (χ4v) is 3.32. The van der Waals surface area contributed by atoms with E-state index in [-0.39, 0.29) is 0 Å². The van der Waals surface area contributed by atoms with E-state index in [4.69, 9.17) is 14.7 Å². The topological polar surface area (TPSA) is 47.0 Å². The van der Waals surface area contributed by atoms with Crippen LogP contribution >= 0.6 is 0 Å². The summed E-state index contributed by atoms with van der Waals surface area (Å²) in [5.74, 6) is 2.37. The zero-order valence-electron chi connectivity index (χ0n) is 11.4. The molecule has 18 heavy (non-hydrogen) atoms. The van der Waals surface area contributed by atoms with Crippen molar-refractivity contribution in [2.75, 3.05) is 12.4 Å². The maximum atomic E-state index is 5.91. The van der Waals surface area contributed by atoms with Gasteiger partial charge in [-0.2, -0.15) is 0 Å². The molecule has 3 rings (SSSR count). The number of aromatic nitrogens is 2. The summed E-state index contributed by atoms with van der Waals surface area (Å²) in [7, 11) is 1.93. The monoisotopic (exact) mass is 247 g/mol. The van der Waals surface area contributed by atoms with Gasteiger partial charge in [0.15, 0.2) is 0 Å². The van der Waals surface area contributed by atoms with E-state index in [0.717, 1.165) is 30.2 Å². The average molecular weight is 247 g/mol. The van der Waals surface area contributed by atoms with Gasteiger partial charge < -0.3 is 10.1 Å². The summed E-state index contributed by atoms with van der Waals surface area (Å²) >= 11 is 0. The van der Waals surface area contributed by atoms with Crippen molar-refractivity contribution in [3.63, 3.8) is 0 Å². The zero-order valence-corrected chi connectivity index (χ0v) is 11.4. The average Bonchev–Trinajstić information content (AvgIpc) is 2.99. The SMILES string of the molecule is CCc1c(C)nc(C2CC3CCC2O3)nc1NC. The van der Waals surface area contributed by atoms with Crippen molar-refractivity contribution >= 4 is 5.82 Å². The summed E-state index contributed by atoms with van der Waals surface area (Å²) in [4.78, 5) is 9.44. The normalized spacial score (nSPS) is 29.8. The molecule has 0 aliphatic carbocycles. The molecule has 2 fully saturated rings. The van der Waals surface area contributed by atoms with Crippen LogP contribution in [0, 0.1) is 6.92 Å². The summed E-state index contributed by atoms with van der Waals surface area (Å²) in [6.45, 7) is 4.23. The molecule has 4 heteroatoms. The molecule has 3 unspecified atom stereocenters. The van der Waals surface area contributed by atoms with Gasteiger partial charge in [-0.25, -0.2) is 9.97 Å². The van der Waals surface area contributed by atoms with Crippen LogP contribution < -0.4 is 5.32 Å². The molecule has 0 aromatic carbocycles. The van der Waals surface area contributed by atoms with Crippen LogP contribution in [0.15, 0.2) is 0 Å². The van der Waals surface area contributed by atoms with E-state index in [1.54, 1.807) is 0 Å². The third-order valence-corrected chi connectivity index (χ3v) is 4.26. The van der Waals surface area contributed by atoms with E-state index in [1.165, 1.54) is 18.4 Å². The van der Waals surface area contributed by atoms with Crippen LogP contribution in [0.2, 0.25) is 0 Å². The molecular weight excluding hydrogens is 226 g/mol. The first-order chi connectivity index (χ1) is 8.72. The van der Waals surface area contributed by atoms with Crippen molar-refractivity contribution in [1.29, 1.82) is 0 Å². The molecule has 2 aliphatic heterocycles. The number of hydrogen-bond acceptors (Lipinski definition) is 4. The molecule has 0 saturated carbocycles. The lowest BCUT2D eigenvalue weighted by atomic mass is 9.88. The molecule has 0 amide bonds. The van der Waals surface area contributed by atoms with Gasteiger partial charge in [0.25, 0.3) is 0 Å². The molecule has 1 N–H and O–H groups in total. The van der Waals surface area contributed by atoms with Gasteiger partial charge in [0.1, 0.15) is 11.6 Å². The Balaban J connectivity index is 1.95. The highest BCUT2D eigenvalue weighted by atomic mass is 16.5. The molecule has 0 radical (unpaired) electrons. The van der Waals surface area contributed by atoms with Crippen LogP contribution in [0.3, 0.4) is 0 Å². The van der Waals surface area contributed by atoms with Gasteiger partial charge >= 0.3 is 0 Å². The maximum Gasteiger partial charge on any atom is 0.136 e. The van der Waals surface area contributed by atoms with E-state index < -0.39 is 0 Å². The number of aryl methyl sites for hydroxylation is 1. The Morgan fingerprint density at radius 2 is 2.17 bits per heavy atom. The number of anilines is 1. The van der Waals surface area contributed by atoms with Gasteiger partial charge in [-0.1, -0.05) is 6.92 Å². The molecule has 3 atom stereocenters. The number of nitrogens with one attached hydrogen (secondary N) is 1. The smallest absolute Gasteiger partial charge is 0.136 e. The van der Waals surface area contributed by atoms with Crippen molar-refractivity contribution in [3.8, 4) is 0 Å². The minimum absolute atomic E-state index is 0.353. The van der Waals surface area contributed by atoms with Gasteiger partial charge in [0.2, 0.25) is 0 Å². The molecule has 1 aromatic heterocycles. The molecule has 1 aromatic rings. The standard InChI is InChI=1S/C14H21N3O/c1-4-10-8(2)16-14(17-13(10)15-3)11-7-9-5-6-12(11)18-9/h9,11-12H,4-7H2,1-3H3,(H,15,16,17). The van der Waals surface area contributed by atoms with E-state index in [1.807, 2.05) is 7.05 Å². The van der Waals surface area contributed by atoms with Gasteiger partial charge in [-0.05, 0) is 32.6 Å². The molecule has 2 saturated heterocycles. The third-order valence-electron chi connectivity index (χ3n) is 4.26. The largest absolute Gasteiger partial charge is 0.374 e. The van der Waals surface area contributed by atoms with Crippen molar-refractivity contribution in [3.05, 3.63) is 17.1 Å². The Morgan fingerprint density at radius 1 is 1.33 bits per heavy atom. The van der Waals surface area contributed by atoms with Crippen LogP contribution in [0.4, 0.5) is 5.82 Å². The Bertz CT molecular complexity index is 461. The minimum atomic E-state index is 0.353. The van der Waals surface area contributed by atoms with E-state index in [9.17, 15) is 0 Å². The molecule has 2 aliphatic rings. The lowest BCUT2D eigenvalue weighted by Crippen LogP contribution is -2.19. The molecule has 0 spiro atoms. The molecule has 3 heterocycles. The Hall–Kier alpha value is -1.16. The molecule has 4 nitrogen and oxygen atoms in total. The van der Waals surface area contributed by atoms with Gasteiger partial charge in [-0.15, -0.1) is 0 Å². The van der Waals surface area contributed by atoms with Crippen molar-refractivity contribution in [2.24, 2.45) is 0 Å². The number of rotatable bonds is 3. The Morgan fingerprint density at radius 3 is 2.72 bits per heavy atom. The second kappa shape index (κ2) is 4.50. The fourth-order valence-electron chi connectivity index (χ4n) is 3.32. The Labute approximate surface area is 108 Å². The van der Waals surface area contributed by atoms with E-state index in [0.29, 0.717) is 18.1 Å². The lowest BCUT2D eigenvalue weighted by Gasteiger charge is -2.19. The van der Waals surface area contributed by atoms with Gasteiger partial charge in [0, 0.05) is 24.2 Å². The van der Waals surface area contributed by atoms with Crippen molar-refractivity contribution < 1.29 is 4.74 Å². The second-order valence-corrected chi connectivity index (χ2v) is 5.31. The summed E-state index contributed by atoms with van der Waals surface area (Å²) in [5, 5.41) is 3.20. The second-order valence-electron chi connectivity index (χ2n) is 5.31. The van der Waals surface area contributed by atoms with Gasteiger partial charge in [0.05, 0.1) is 12.2 Å². The summed E-state index contributed by atoms with van der Waals surface area (Å²) in [6.07, 6.45) is 5.25. The first kappa shape index (κ1) is 11.9. The van der Waals surface area contributed by atoms with E-state index >= 15 is 0 Å². The van der Waals surface area contributed by atoms with Crippen LogP contribution in [0.1, 0.15) is 49.2 Å². The molecular formula is C14H21N3O. The van der Waals surface area contributed by atoms with E-state index in [2.05, 4.69) is 19.2 Å². The number of fused-ring (bicyclic) bond motifs is 2. The number of nitrogens with zero attached hydrogens (tertiary/aromatic N) is 2. The van der Waals surface area contributed by atoms with Crippen molar-refractivity contribution in [2.45, 2.75) is 57.7 Å². The first-order valence-corrected chi connectivity index (χ1v) is 6.93. The minimum Gasteiger partial charge on any atom is -0.374 e. The first-order valence-electron chi connectivity index (χ1n) is 6.93. The van der Waals surface area contributed by atoms with Crippen LogP contribution in [0.25, 0.3) is 0 Å². The van der Waals surface area contributed by atoms with Crippen molar-refractivity contribution in [1.82, 2.24) is 9.97 Å². The predicted molar refractivity (Wildman–Crippen MR) is 70.9 cm³/mol. The van der Waals surface area contributed by atoms with Crippen LogP contribution in [0.5, 0.6) is 0 Å². The number of ether oxygens (including phenoxy) is 1. The molecule has 98 valence electrons. The zero-order chi connectivity index (χ0) is 12.7. The molecule has 2 bridgehead atoms. The summed E-state index contributed by atoms with van der Waals surface area (Å²) in [5.41, 5.74) is 2.33. The quantitative estimate of drug-likeness (QED) is 0.891. The van der Waals surface area contributed by atoms with Crippen LogP contribution in [-0.4, -0.2) is 29.2 Å². The highest BCUT2D eigenvalue weighted by Crippen LogP contribution is 2.43. The van der Waals surface area contributed by atoms with Gasteiger partial charge in [-0.3, -0.25) is 0 Å².